The Morgan fingerprint density at radius 1 is 1.45 bits per heavy atom. The molecule has 1 aromatic carbocycles. The van der Waals surface area contributed by atoms with Crippen LogP contribution >= 0.6 is 0 Å². The van der Waals surface area contributed by atoms with Crippen LogP contribution < -0.4 is 5.32 Å². The van der Waals surface area contributed by atoms with Crippen molar-refractivity contribution in [3.63, 3.8) is 0 Å². The first kappa shape index (κ1) is 13.8. The molecule has 0 bridgehead atoms. The average molecular weight is 279 g/mol. The minimum absolute atomic E-state index is 0.0158. The van der Waals surface area contributed by atoms with Crippen molar-refractivity contribution < 1.29 is 19.6 Å². The van der Waals surface area contributed by atoms with Crippen LogP contribution in [0.4, 0.5) is 16.2 Å². The number of carboxylic acids is 1. The van der Waals surface area contributed by atoms with Gasteiger partial charge < -0.3 is 15.3 Å². The number of benzene rings is 1. The molecule has 2 rings (SSSR count). The van der Waals surface area contributed by atoms with Crippen LogP contribution in [0.3, 0.4) is 0 Å². The van der Waals surface area contributed by atoms with Crippen molar-refractivity contribution in [2.75, 3.05) is 18.4 Å². The number of hydrogen-bond acceptors (Lipinski definition) is 4. The number of nitro benzene ring substituents is 1. The first-order chi connectivity index (χ1) is 9.38. The molecule has 0 saturated carbocycles. The number of carbonyl (C=O) groups excluding carboxylic acids is 1. The number of nitrogens with zero attached hydrogens (tertiary/aromatic N) is 2. The fourth-order valence-corrected chi connectivity index (χ4v) is 1.94. The smallest absolute Gasteiger partial charge is 0.321 e. The normalized spacial score (nSPS) is 14.6. The van der Waals surface area contributed by atoms with Crippen LogP contribution in [0, 0.1) is 23.0 Å². The minimum Gasteiger partial charge on any atom is -0.481 e. The molecule has 0 spiro atoms. The summed E-state index contributed by atoms with van der Waals surface area (Å²) in [7, 11) is 0. The van der Waals surface area contributed by atoms with E-state index in [9.17, 15) is 19.7 Å². The summed E-state index contributed by atoms with van der Waals surface area (Å²) in [5.41, 5.74) is 0.870. The Balaban J connectivity index is 1.97. The van der Waals surface area contributed by atoms with E-state index in [-0.39, 0.29) is 18.8 Å². The van der Waals surface area contributed by atoms with E-state index in [4.69, 9.17) is 5.11 Å². The third kappa shape index (κ3) is 2.68. The number of aryl methyl sites for hydroxylation is 1. The Hall–Kier alpha value is -2.64. The highest BCUT2D eigenvalue weighted by Gasteiger charge is 2.35. The molecule has 1 aliphatic rings. The van der Waals surface area contributed by atoms with Gasteiger partial charge in [0.25, 0.3) is 5.69 Å². The summed E-state index contributed by atoms with van der Waals surface area (Å²) in [6.07, 6.45) is 0. The van der Waals surface area contributed by atoms with Crippen molar-refractivity contribution in [3.8, 4) is 0 Å². The van der Waals surface area contributed by atoms with Gasteiger partial charge in [-0.05, 0) is 19.1 Å². The lowest BCUT2D eigenvalue weighted by Crippen LogP contribution is -2.54. The van der Waals surface area contributed by atoms with E-state index in [1.54, 1.807) is 6.92 Å². The number of nitrogens with one attached hydrogen (secondary N) is 1. The summed E-state index contributed by atoms with van der Waals surface area (Å²) in [5.74, 6) is -1.43. The molecular formula is C12H13N3O5. The average Bonchev–Trinajstić information content (AvgIpc) is 2.25. The SMILES string of the molecule is Cc1cc(NC(=O)N2CC(C(=O)O)C2)ccc1[N+](=O)[O-]. The topological polar surface area (TPSA) is 113 Å². The van der Waals surface area contributed by atoms with Crippen molar-refractivity contribution in [3.05, 3.63) is 33.9 Å². The van der Waals surface area contributed by atoms with Crippen molar-refractivity contribution in [1.29, 1.82) is 0 Å². The van der Waals surface area contributed by atoms with Crippen LogP contribution in [0.2, 0.25) is 0 Å². The van der Waals surface area contributed by atoms with Crippen LogP contribution in [0.25, 0.3) is 0 Å². The molecular weight excluding hydrogens is 266 g/mol. The van der Waals surface area contributed by atoms with Gasteiger partial charge in [0.1, 0.15) is 0 Å². The van der Waals surface area contributed by atoms with E-state index < -0.39 is 22.8 Å². The predicted octanol–water partition coefficient (Wildman–Crippen LogP) is 1.45. The molecule has 106 valence electrons. The lowest BCUT2D eigenvalue weighted by atomic mass is 10.0. The van der Waals surface area contributed by atoms with E-state index in [1.807, 2.05) is 0 Å². The number of amides is 2. The van der Waals surface area contributed by atoms with Gasteiger partial charge in [0.2, 0.25) is 0 Å². The van der Waals surface area contributed by atoms with E-state index in [2.05, 4.69) is 5.32 Å². The second-order valence-electron chi connectivity index (χ2n) is 4.63. The van der Waals surface area contributed by atoms with Crippen LogP contribution in [0.15, 0.2) is 18.2 Å². The molecule has 1 saturated heterocycles. The monoisotopic (exact) mass is 279 g/mol. The molecule has 1 fully saturated rings. The lowest BCUT2D eigenvalue weighted by molar-refractivity contribution is -0.385. The highest BCUT2D eigenvalue weighted by molar-refractivity contribution is 5.91. The number of aliphatic carboxylic acids is 1. The summed E-state index contributed by atoms with van der Waals surface area (Å²) < 4.78 is 0. The van der Waals surface area contributed by atoms with Crippen LogP contribution in [0.1, 0.15) is 5.56 Å². The Morgan fingerprint density at radius 2 is 2.10 bits per heavy atom. The number of carboxylic acid groups (broad SMARTS) is 1. The molecule has 8 nitrogen and oxygen atoms in total. The molecule has 0 radical (unpaired) electrons. The van der Waals surface area contributed by atoms with Gasteiger partial charge in [-0.25, -0.2) is 4.79 Å². The number of hydrogen-bond donors (Lipinski definition) is 2. The highest BCUT2D eigenvalue weighted by atomic mass is 16.6. The van der Waals surface area contributed by atoms with Gasteiger partial charge in [-0.1, -0.05) is 0 Å². The standard InChI is InChI=1S/C12H13N3O5/c1-7-4-9(2-3-10(7)15(19)20)13-12(18)14-5-8(6-14)11(16)17/h2-4,8H,5-6H2,1H3,(H,13,18)(H,16,17). The molecule has 2 N–H and O–H groups in total. The molecule has 0 aliphatic carbocycles. The van der Waals surface area contributed by atoms with Crippen LogP contribution in [-0.4, -0.2) is 40.0 Å². The molecule has 0 aromatic heterocycles. The van der Waals surface area contributed by atoms with Crippen molar-refractivity contribution >= 4 is 23.4 Å². The van der Waals surface area contributed by atoms with Gasteiger partial charge in [0.05, 0.1) is 10.8 Å². The fraction of sp³-hybridized carbons (Fsp3) is 0.333. The number of carbonyl (C=O) groups is 2. The lowest BCUT2D eigenvalue weighted by Gasteiger charge is -2.36. The third-order valence-electron chi connectivity index (χ3n) is 3.16. The Labute approximate surface area is 114 Å². The fourth-order valence-electron chi connectivity index (χ4n) is 1.94. The zero-order chi connectivity index (χ0) is 14.9. The van der Waals surface area contributed by atoms with E-state index >= 15 is 0 Å². The Kier molecular flexibility index (Phi) is 3.55. The zero-order valence-electron chi connectivity index (χ0n) is 10.7. The van der Waals surface area contributed by atoms with Crippen LogP contribution in [-0.2, 0) is 4.79 Å². The molecule has 20 heavy (non-hydrogen) atoms. The first-order valence-electron chi connectivity index (χ1n) is 5.92. The summed E-state index contributed by atoms with van der Waals surface area (Å²) in [6, 6.07) is 3.86. The number of urea groups is 1. The second-order valence-corrected chi connectivity index (χ2v) is 4.63. The molecule has 8 heteroatoms. The Bertz CT molecular complexity index is 580. The van der Waals surface area contributed by atoms with Gasteiger partial charge in [0.15, 0.2) is 0 Å². The summed E-state index contributed by atoms with van der Waals surface area (Å²) in [5, 5.41) is 22.0. The van der Waals surface area contributed by atoms with Gasteiger partial charge in [-0.3, -0.25) is 14.9 Å². The first-order valence-corrected chi connectivity index (χ1v) is 5.92. The predicted molar refractivity (Wildman–Crippen MR) is 69.6 cm³/mol. The quantitative estimate of drug-likeness (QED) is 0.642. The second kappa shape index (κ2) is 5.16. The number of anilines is 1. The third-order valence-corrected chi connectivity index (χ3v) is 3.16. The van der Waals surface area contributed by atoms with E-state index in [1.165, 1.54) is 23.1 Å². The molecule has 2 amide bonds. The maximum absolute atomic E-state index is 11.8. The highest BCUT2D eigenvalue weighted by Crippen LogP contribution is 2.23. The largest absolute Gasteiger partial charge is 0.481 e. The maximum Gasteiger partial charge on any atom is 0.321 e. The molecule has 0 unspecified atom stereocenters. The van der Waals surface area contributed by atoms with Gasteiger partial charge in [-0.15, -0.1) is 0 Å². The summed E-state index contributed by atoms with van der Waals surface area (Å²) in [4.78, 5) is 34.0. The van der Waals surface area contributed by atoms with E-state index in [0.717, 1.165) is 0 Å². The van der Waals surface area contributed by atoms with Crippen molar-refractivity contribution in [1.82, 2.24) is 4.90 Å². The minimum atomic E-state index is -0.916. The molecule has 1 aliphatic heterocycles. The van der Waals surface area contributed by atoms with Gasteiger partial charge in [0, 0.05) is 30.4 Å². The summed E-state index contributed by atoms with van der Waals surface area (Å²) in [6.45, 7) is 1.93. The van der Waals surface area contributed by atoms with Gasteiger partial charge in [-0.2, -0.15) is 0 Å². The van der Waals surface area contributed by atoms with Crippen LogP contribution in [0.5, 0.6) is 0 Å². The molecule has 0 atom stereocenters. The number of nitro groups is 1. The Morgan fingerprint density at radius 3 is 2.60 bits per heavy atom. The molecule has 1 heterocycles. The van der Waals surface area contributed by atoms with Crippen molar-refractivity contribution in [2.45, 2.75) is 6.92 Å². The zero-order valence-corrected chi connectivity index (χ0v) is 10.7. The van der Waals surface area contributed by atoms with E-state index in [0.29, 0.717) is 11.3 Å². The summed E-state index contributed by atoms with van der Waals surface area (Å²) >= 11 is 0. The maximum atomic E-state index is 11.8. The van der Waals surface area contributed by atoms with Crippen molar-refractivity contribution in [2.24, 2.45) is 5.92 Å². The number of likely N-dealkylation sites (tertiary alicyclic amines) is 1. The van der Waals surface area contributed by atoms with Gasteiger partial charge >= 0.3 is 12.0 Å². The molecule has 1 aromatic rings. The number of rotatable bonds is 3.